The first-order valence-electron chi connectivity index (χ1n) is 5.60. The Labute approximate surface area is 106 Å². The second kappa shape index (κ2) is 5.82. The van der Waals surface area contributed by atoms with Gasteiger partial charge in [0, 0.05) is 18.0 Å². The second-order valence-electron chi connectivity index (χ2n) is 3.86. The maximum absolute atomic E-state index is 8.66. The van der Waals surface area contributed by atoms with Crippen LogP contribution in [0.5, 0.6) is 5.75 Å². The summed E-state index contributed by atoms with van der Waals surface area (Å²) in [5.41, 5.74) is 2.47. The Kier molecular flexibility index (Phi) is 3.91. The van der Waals surface area contributed by atoms with E-state index in [-0.39, 0.29) is 0 Å². The third-order valence-electron chi connectivity index (χ3n) is 2.55. The number of ether oxygens (including phenoxy) is 1. The molecule has 0 spiro atoms. The Morgan fingerprint density at radius 3 is 2.67 bits per heavy atom. The maximum atomic E-state index is 8.66. The molecule has 2 aromatic rings. The molecule has 1 N–H and O–H groups in total. The summed E-state index contributed by atoms with van der Waals surface area (Å²) in [6, 6.07) is 11.2. The smallest absolute Gasteiger partial charge is 0.119 e. The van der Waals surface area contributed by atoms with Crippen molar-refractivity contribution in [1.29, 1.82) is 0 Å². The van der Waals surface area contributed by atoms with E-state index in [2.05, 4.69) is 10.1 Å². The molecule has 92 valence electrons. The van der Waals surface area contributed by atoms with Crippen LogP contribution in [-0.4, -0.2) is 15.9 Å². The van der Waals surface area contributed by atoms with Gasteiger partial charge in [-0.05, 0) is 42.8 Å². The number of benzene rings is 1. The highest BCUT2D eigenvalue weighted by atomic mass is 16.5. The van der Waals surface area contributed by atoms with Gasteiger partial charge < -0.3 is 9.94 Å². The van der Waals surface area contributed by atoms with E-state index in [0.717, 1.165) is 16.9 Å². The molecule has 4 heteroatoms. The third kappa shape index (κ3) is 3.07. The molecule has 1 aromatic heterocycles. The molecule has 0 fully saturated rings. The Bertz CT molecular complexity index is 521. The van der Waals surface area contributed by atoms with E-state index >= 15 is 0 Å². The third-order valence-corrected chi connectivity index (χ3v) is 2.55. The van der Waals surface area contributed by atoms with Gasteiger partial charge in [-0.3, -0.25) is 4.98 Å². The number of oxime groups is 1. The van der Waals surface area contributed by atoms with Crippen molar-refractivity contribution in [2.75, 3.05) is 0 Å². The van der Waals surface area contributed by atoms with E-state index in [1.54, 1.807) is 19.3 Å². The molecule has 0 unspecified atom stereocenters. The number of pyridine rings is 1. The van der Waals surface area contributed by atoms with Gasteiger partial charge in [-0.15, -0.1) is 0 Å². The fourth-order valence-corrected chi connectivity index (χ4v) is 1.50. The van der Waals surface area contributed by atoms with E-state index < -0.39 is 0 Å². The molecule has 0 bridgehead atoms. The molecule has 1 aromatic carbocycles. The standard InChI is InChI=1S/C14H14N2O2/c1-11(16-17)13-4-6-14(7-5-13)18-10-12-3-2-8-15-9-12/h2-9,17H,10H2,1H3/b16-11-. The predicted octanol–water partition coefficient (Wildman–Crippen LogP) is 2.86. The molecule has 1 heterocycles. The van der Waals surface area contributed by atoms with Gasteiger partial charge in [0.25, 0.3) is 0 Å². The number of hydrogen-bond donors (Lipinski definition) is 1. The maximum Gasteiger partial charge on any atom is 0.119 e. The molecular weight excluding hydrogens is 228 g/mol. The topological polar surface area (TPSA) is 54.7 Å². The highest BCUT2D eigenvalue weighted by Gasteiger charge is 1.99. The van der Waals surface area contributed by atoms with Gasteiger partial charge in [0.15, 0.2) is 0 Å². The summed E-state index contributed by atoms with van der Waals surface area (Å²) >= 11 is 0. The molecule has 0 saturated carbocycles. The largest absolute Gasteiger partial charge is 0.489 e. The first-order valence-corrected chi connectivity index (χ1v) is 5.60. The van der Waals surface area contributed by atoms with Crippen molar-refractivity contribution in [3.8, 4) is 5.75 Å². The summed E-state index contributed by atoms with van der Waals surface area (Å²) in [7, 11) is 0. The Morgan fingerprint density at radius 2 is 2.06 bits per heavy atom. The zero-order chi connectivity index (χ0) is 12.8. The molecule has 0 amide bonds. The van der Waals surface area contributed by atoms with E-state index in [9.17, 15) is 0 Å². The first kappa shape index (κ1) is 12.1. The molecule has 2 rings (SSSR count). The van der Waals surface area contributed by atoms with Crippen molar-refractivity contribution in [2.45, 2.75) is 13.5 Å². The fraction of sp³-hybridized carbons (Fsp3) is 0.143. The molecule has 18 heavy (non-hydrogen) atoms. The monoisotopic (exact) mass is 242 g/mol. The first-order chi connectivity index (χ1) is 8.79. The van der Waals surface area contributed by atoms with Crippen LogP contribution < -0.4 is 4.74 Å². The van der Waals surface area contributed by atoms with Crippen LogP contribution in [0, 0.1) is 0 Å². The minimum absolute atomic E-state index is 0.486. The lowest BCUT2D eigenvalue weighted by molar-refractivity contribution is 0.305. The van der Waals surface area contributed by atoms with Crippen molar-refractivity contribution >= 4 is 5.71 Å². The Hall–Kier alpha value is -2.36. The molecule has 0 aliphatic rings. The lowest BCUT2D eigenvalue weighted by Crippen LogP contribution is -1.97. The summed E-state index contributed by atoms with van der Waals surface area (Å²) in [5, 5.41) is 11.8. The van der Waals surface area contributed by atoms with Crippen molar-refractivity contribution in [1.82, 2.24) is 4.98 Å². The van der Waals surface area contributed by atoms with Gasteiger partial charge in [0.1, 0.15) is 12.4 Å². The summed E-state index contributed by atoms with van der Waals surface area (Å²) in [6.45, 7) is 2.23. The van der Waals surface area contributed by atoms with Crippen LogP contribution in [-0.2, 0) is 6.61 Å². The number of aromatic nitrogens is 1. The van der Waals surface area contributed by atoms with E-state index in [4.69, 9.17) is 9.94 Å². The average Bonchev–Trinajstić information content (AvgIpc) is 2.46. The van der Waals surface area contributed by atoms with Gasteiger partial charge in [-0.25, -0.2) is 0 Å². The highest BCUT2D eigenvalue weighted by Crippen LogP contribution is 2.14. The summed E-state index contributed by atoms with van der Waals surface area (Å²) in [6.07, 6.45) is 3.51. The summed E-state index contributed by atoms with van der Waals surface area (Å²) in [4.78, 5) is 4.02. The Balaban J connectivity index is 1.99. The average molecular weight is 242 g/mol. The predicted molar refractivity (Wildman–Crippen MR) is 69.0 cm³/mol. The second-order valence-corrected chi connectivity index (χ2v) is 3.86. The van der Waals surface area contributed by atoms with Gasteiger partial charge in [0.2, 0.25) is 0 Å². The number of rotatable bonds is 4. The normalized spacial score (nSPS) is 11.3. The number of hydrogen-bond acceptors (Lipinski definition) is 4. The van der Waals surface area contributed by atoms with Gasteiger partial charge >= 0.3 is 0 Å². The SMILES string of the molecule is C/C(=N/O)c1ccc(OCc2cccnc2)cc1. The van der Waals surface area contributed by atoms with Crippen LogP contribution in [0.2, 0.25) is 0 Å². The molecule has 0 aliphatic heterocycles. The minimum atomic E-state index is 0.486. The lowest BCUT2D eigenvalue weighted by atomic mass is 10.1. The van der Waals surface area contributed by atoms with Crippen molar-refractivity contribution in [2.24, 2.45) is 5.16 Å². The Morgan fingerprint density at radius 1 is 1.28 bits per heavy atom. The van der Waals surface area contributed by atoms with Gasteiger partial charge in [-0.2, -0.15) is 0 Å². The number of nitrogens with zero attached hydrogens (tertiary/aromatic N) is 2. The molecule has 4 nitrogen and oxygen atoms in total. The van der Waals surface area contributed by atoms with Crippen molar-refractivity contribution in [3.63, 3.8) is 0 Å². The zero-order valence-electron chi connectivity index (χ0n) is 10.1. The lowest BCUT2D eigenvalue weighted by Gasteiger charge is -2.06. The van der Waals surface area contributed by atoms with Crippen LogP contribution >= 0.6 is 0 Å². The summed E-state index contributed by atoms with van der Waals surface area (Å²) in [5.74, 6) is 0.772. The highest BCUT2D eigenvalue weighted by molar-refractivity contribution is 5.98. The fourth-order valence-electron chi connectivity index (χ4n) is 1.50. The van der Waals surface area contributed by atoms with Crippen LogP contribution in [0.4, 0.5) is 0 Å². The van der Waals surface area contributed by atoms with Crippen LogP contribution in [0.3, 0.4) is 0 Å². The van der Waals surface area contributed by atoms with Gasteiger partial charge in [0.05, 0.1) is 5.71 Å². The molecule has 0 atom stereocenters. The van der Waals surface area contributed by atoms with E-state index in [1.807, 2.05) is 36.4 Å². The van der Waals surface area contributed by atoms with Crippen LogP contribution in [0.1, 0.15) is 18.1 Å². The summed E-state index contributed by atoms with van der Waals surface area (Å²) < 4.78 is 5.62. The molecular formula is C14H14N2O2. The quantitative estimate of drug-likeness (QED) is 0.509. The van der Waals surface area contributed by atoms with Crippen LogP contribution in [0.15, 0.2) is 53.9 Å². The van der Waals surface area contributed by atoms with Crippen molar-refractivity contribution in [3.05, 3.63) is 59.9 Å². The van der Waals surface area contributed by atoms with E-state index in [0.29, 0.717) is 12.3 Å². The van der Waals surface area contributed by atoms with Crippen molar-refractivity contribution < 1.29 is 9.94 Å². The van der Waals surface area contributed by atoms with E-state index in [1.165, 1.54) is 0 Å². The molecule has 0 aliphatic carbocycles. The minimum Gasteiger partial charge on any atom is -0.489 e. The molecule has 0 saturated heterocycles. The van der Waals surface area contributed by atoms with Crippen LogP contribution in [0.25, 0.3) is 0 Å². The zero-order valence-corrected chi connectivity index (χ0v) is 10.1. The van der Waals surface area contributed by atoms with Gasteiger partial charge in [-0.1, -0.05) is 11.2 Å². The molecule has 0 radical (unpaired) electrons.